The zero-order chi connectivity index (χ0) is 22.0. The molecule has 1 heterocycles. The Hall–Kier alpha value is -3.13. The quantitative estimate of drug-likeness (QED) is 0.223. The van der Waals surface area contributed by atoms with Crippen LogP contribution >= 0.6 is 34.8 Å². The summed E-state index contributed by atoms with van der Waals surface area (Å²) in [5.41, 5.74) is 2.10. The number of benzene rings is 3. The summed E-state index contributed by atoms with van der Waals surface area (Å²) in [5.74, 6) is 1.06. The molecule has 7 nitrogen and oxygen atoms in total. The van der Waals surface area contributed by atoms with Crippen LogP contribution in [0.15, 0.2) is 65.2 Å². The second kappa shape index (κ2) is 8.93. The fourth-order valence-corrected chi connectivity index (χ4v) is 3.47. The largest absolute Gasteiger partial charge is 0.487 e. The van der Waals surface area contributed by atoms with E-state index < -0.39 is 4.92 Å². The first-order chi connectivity index (χ1) is 14.9. The Balaban J connectivity index is 1.45. The van der Waals surface area contributed by atoms with Gasteiger partial charge >= 0.3 is 0 Å². The highest BCUT2D eigenvalue weighted by molar-refractivity contribution is 6.36. The van der Waals surface area contributed by atoms with Crippen molar-refractivity contribution in [2.75, 3.05) is 0 Å². The number of nitro benzene ring substituents is 1. The molecule has 0 N–H and O–H groups in total. The number of nitro groups is 1. The third-order valence-electron chi connectivity index (χ3n) is 4.32. The SMILES string of the molecule is O=[N+]([O-])c1ccc(OCc2ccc(-c3nc(-c4ccc(Cl)cc4Cl)no3)cc2)c(Cl)c1. The van der Waals surface area contributed by atoms with Gasteiger partial charge in [0.15, 0.2) is 0 Å². The van der Waals surface area contributed by atoms with Crippen molar-refractivity contribution in [1.82, 2.24) is 10.1 Å². The number of rotatable bonds is 6. The molecule has 0 atom stereocenters. The summed E-state index contributed by atoms with van der Waals surface area (Å²) in [6.07, 6.45) is 0. The smallest absolute Gasteiger partial charge is 0.271 e. The lowest BCUT2D eigenvalue weighted by Gasteiger charge is -2.08. The molecule has 3 aromatic carbocycles. The summed E-state index contributed by atoms with van der Waals surface area (Å²) < 4.78 is 11.0. The average Bonchev–Trinajstić information content (AvgIpc) is 3.23. The van der Waals surface area contributed by atoms with E-state index in [4.69, 9.17) is 44.1 Å². The normalized spacial score (nSPS) is 10.8. The average molecular weight is 477 g/mol. The highest BCUT2D eigenvalue weighted by atomic mass is 35.5. The zero-order valence-corrected chi connectivity index (χ0v) is 17.9. The van der Waals surface area contributed by atoms with E-state index in [1.165, 1.54) is 18.2 Å². The summed E-state index contributed by atoms with van der Waals surface area (Å²) in [4.78, 5) is 14.7. The molecule has 0 aliphatic rings. The van der Waals surface area contributed by atoms with Crippen molar-refractivity contribution < 1.29 is 14.2 Å². The third kappa shape index (κ3) is 4.80. The van der Waals surface area contributed by atoms with Crippen LogP contribution in [0.25, 0.3) is 22.8 Å². The van der Waals surface area contributed by atoms with Gasteiger partial charge in [-0.3, -0.25) is 10.1 Å². The van der Waals surface area contributed by atoms with Gasteiger partial charge in [-0.1, -0.05) is 52.1 Å². The Labute approximate surface area is 191 Å². The molecule has 10 heteroatoms. The van der Waals surface area contributed by atoms with Crippen LogP contribution in [0.5, 0.6) is 5.75 Å². The molecule has 0 aliphatic heterocycles. The number of aromatic nitrogens is 2. The first kappa shape index (κ1) is 21.1. The molecule has 156 valence electrons. The van der Waals surface area contributed by atoms with Crippen LogP contribution in [0.1, 0.15) is 5.56 Å². The minimum atomic E-state index is -0.516. The molecule has 0 bridgehead atoms. The van der Waals surface area contributed by atoms with Gasteiger partial charge in [-0.15, -0.1) is 0 Å². The summed E-state index contributed by atoms with van der Waals surface area (Å²) in [5, 5.41) is 15.9. The summed E-state index contributed by atoms with van der Waals surface area (Å²) >= 11 is 18.2. The van der Waals surface area contributed by atoms with Gasteiger partial charge in [0, 0.05) is 28.3 Å². The molecule has 0 saturated heterocycles. The molecular weight excluding hydrogens is 465 g/mol. The Morgan fingerprint density at radius 2 is 1.74 bits per heavy atom. The van der Waals surface area contributed by atoms with Gasteiger partial charge in [0.1, 0.15) is 12.4 Å². The van der Waals surface area contributed by atoms with Gasteiger partial charge in [-0.2, -0.15) is 4.98 Å². The van der Waals surface area contributed by atoms with Crippen LogP contribution in [0.3, 0.4) is 0 Å². The van der Waals surface area contributed by atoms with E-state index in [1.807, 2.05) is 24.3 Å². The van der Waals surface area contributed by atoms with Crippen LogP contribution in [-0.2, 0) is 6.61 Å². The van der Waals surface area contributed by atoms with E-state index in [-0.39, 0.29) is 17.3 Å². The van der Waals surface area contributed by atoms with Gasteiger partial charge < -0.3 is 9.26 Å². The Morgan fingerprint density at radius 3 is 2.42 bits per heavy atom. The fourth-order valence-electron chi connectivity index (χ4n) is 2.75. The minimum Gasteiger partial charge on any atom is -0.487 e. The van der Waals surface area contributed by atoms with Crippen LogP contribution in [0.4, 0.5) is 5.69 Å². The lowest BCUT2D eigenvalue weighted by Crippen LogP contribution is -1.97. The molecule has 0 unspecified atom stereocenters. The summed E-state index contributed by atoms with van der Waals surface area (Å²) in [6.45, 7) is 0.229. The van der Waals surface area contributed by atoms with Gasteiger partial charge in [0.2, 0.25) is 5.82 Å². The zero-order valence-electron chi connectivity index (χ0n) is 15.6. The van der Waals surface area contributed by atoms with Gasteiger partial charge in [-0.25, -0.2) is 0 Å². The molecule has 1 aromatic heterocycles. The molecule has 0 spiro atoms. The highest BCUT2D eigenvalue weighted by Crippen LogP contribution is 2.31. The van der Waals surface area contributed by atoms with Crippen LogP contribution < -0.4 is 4.74 Å². The summed E-state index contributed by atoms with van der Waals surface area (Å²) in [6, 6.07) is 16.4. The van der Waals surface area contributed by atoms with Gasteiger partial charge in [-0.05, 0) is 42.0 Å². The second-order valence-corrected chi connectivity index (χ2v) is 7.66. The number of non-ortho nitro benzene ring substituents is 1. The van der Waals surface area contributed by atoms with Crippen molar-refractivity contribution in [1.29, 1.82) is 0 Å². The number of nitrogens with zero attached hydrogens (tertiary/aromatic N) is 3. The van der Waals surface area contributed by atoms with Crippen LogP contribution in [-0.4, -0.2) is 15.1 Å². The lowest BCUT2D eigenvalue weighted by molar-refractivity contribution is -0.384. The molecule has 4 rings (SSSR count). The van der Waals surface area contributed by atoms with E-state index in [2.05, 4.69) is 10.1 Å². The van der Waals surface area contributed by atoms with E-state index >= 15 is 0 Å². The topological polar surface area (TPSA) is 91.3 Å². The predicted octanol–water partition coefficient (Wildman–Crippen LogP) is 6.85. The maximum atomic E-state index is 10.8. The number of ether oxygens (including phenoxy) is 1. The van der Waals surface area contributed by atoms with E-state index in [0.717, 1.165) is 11.1 Å². The lowest BCUT2D eigenvalue weighted by atomic mass is 10.1. The standard InChI is InChI=1S/C21H12Cl3N3O4/c22-14-5-7-16(17(23)9-14)20-25-21(31-26-20)13-3-1-12(2-4-13)11-30-19-8-6-15(27(28)29)10-18(19)24/h1-10H,11H2. The minimum absolute atomic E-state index is 0.0967. The highest BCUT2D eigenvalue weighted by Gasteiger charge is 2.14. The van der Waals surface area contributed by atoms with Crippen LogP contribution in [0, 0.1) is 10.1 Å². The van der Waals surface area contributed by atoms with Crippen LogP contribution in [0.2, 0.25) is 15.1 Å². The third-order valence-corrected chi connectivity index (χ3v) is 5.16. The van der Waals surface area contributed by atoms with Crippen molar-refractivity contribution in [3.63, 3.8) is 0 Å². The molecule has 0 radical (unpaired) electrons. The second-order valence-electron chi connectivity index (χ2n) is 6.40. The maximum Gasteiger partial charge on any atom is 0.271 e. The molecule has 0 fully saturated rings. The maximum absolute atomic E-state index is 10.8. The van der Waals surface area contributed by atoms with Crippen molar-refractivity contribution in [3.05, 3.63) is 91.4 Å². The number of hydrogen-bond donors (Lipinski definition) is 0. The fraction of sp³-hybridized carbons (Fsp3) is 0.0476. The van der Waals surface area contributed by atoms with Gasteiger partial charge in [0.05, 0.1) is 15.0 Å². The monoisotopic (exact) mass is 475 g/mol. The van der Waals surface area contributed by atoms with Gasteiger partial charge in [0.25, 0.3) is 11.6 Å². The molecule has 0 saturated carbocycles. The molecule has 31 heavy (non-hydrogen) atoms. The van der Waals surface area contributed by atoms with E-state index in [9.17, 15) is 10.1 Å². The first-order valence-corrected chi connectivity index (χ1v) is 9.99. The Bertz CT molecular complexity index is 1260. The molecule has 0 aliphatic carbocycles. The number of halogens is 3. The molecule has 0 amide bonds. The van der Waals surface area contributed by atoms with Crippen molar-refractivity contribution in [3.8, 4) is 28.6 Å². The van der Waals surface area contributed by atoms with E-state index in [1.54, 1.807) is 18.2 Å². The summed E-state index contributed by atoms with van der Waals surface area (Å²) in [7, 11) is 0. The van der Waals surface area contributed by atoms with E-state index in [0.29, 0.717) is 33.1 Å². The Morgan fingerprint density at radius 1 is 0.968 bits per heavy atom. The van der Waals surface area contributed by atoms with Crippen molar-refractivity contribution in [2.24, 2.45) is 0 Å². The number of hydrogen-bond acceptors (Lipinski definition) is 6. The first-order valence-electron chi connectivity index (χ1n) is 8.86. The Kier molecular flexibility index (Phi) is 6.08. The van der Waals surface area contributed by atoms with Crippen molar-refractivity contribution in [2.45, 2.75) is 6.61 Å². The van der Waals surface area contributed by atoms with Crippen molar-refractivity contribution >= 4 is 40.5 Å². The molecular formula is C21H12Cl3N3O4. The predicted molar refractivity (Wildman–Crippen MR) is 118 cm³/mol. The molecule has 4 aromatic rings.